The van der Waals surface area contributed by atoms with Crippen molar-refractivity contribution in [1.29, 1.82) is 0 Å². The standard InChI is InChI=1S/C26H24BrNO3S/c1-19-7-13-23(14-8-19)32(29,30)28-17-25-24(20-9-11-22(27)12-10-20)15-16-31-26(25,18-28)21-5-3-2-4-6-21/h2-15,25H,16-18H2,1H3/t25-,26+/m1/s1. The van der Waals surface area contributed by atoms with Crippen molar-refractivity contribution in [3.8, 4) is 0 Å². The van der Waals surface area contributed by atoms with Crippen LogP contribution in [0.5, 0.6) is 0 Å². The first kappa shape index (κ1) is 21.6. The number of hydrogen-bond donors (Lipinski definition) is 0. The molecule has 2 heterocycles. The number of nitrogens with zero attached hydrogens (tertiary/aromatic N) is 1. The average Bonchev–Trinajstić information content (AvgIpc) is 3.23. The fourth-order valence-electron chi connectivity index (χ4n) is 4.81. The third-order valence-corrected chi connectivity index (χ3v) is 8.83. The number of aryl methyl sites for hydroxylation is 1. The molecule has 1 fully saturated rings. The SMILES string of the molecule is Cc1ccc(S(=O)(=O)N2C[C@@H]3C(c4ccc(Br)cc4)=CCO[C@]3(c3ccccc3)C2)cc1. The van der Waals surface area contributed by atoms with Gasteiger partial charge in [-0.3, -0.25) is 0 Å². The Balaban J connectivity index is 1.60. The van der Waals surface area contributed by atoms with Crippen molar-refractivity contribution in [1.82, 2.24) is 4.31 Å². The van der Waals surface area contributed by atoms with Crippen molar-refractivity contribution >= 4 is 31.5 Å². The molecule has 5 rings (SSSR count). The Morgan fingerprint density at radius 3 is 2.34 bits per heavy atom. The second kappa shape index (κ2) is 8.27. The minimum Gasteiger partial charge on any atom is -0.364 e. The van der Waals surface area contributed by atoms with Crippen molar-refractivity contribution < 1.29 is 13.2 Å². The van der Waals surface area contributed by atoms with Crippen molar-refractivity contribution in [3.05, 3.63) is 106 Å². The van der Waals surface area contributed by atoms with Gasteiger partial charge in [0.05, 0.1) is 11.5 Å². The van der Waals surface area contributed by atoms with E-state index in [-0.39, 0.29) is 12.5 Å². The van der Waals surface area contributed by atoms with Gasteiger partial charge in [-0.1, -0.05) is 82.2 Å². The number of hydrogen-bond acceptors (Lipinski definition) is 3. The molecule has 6 heteroatoms. The number of benzene rings is 3. The van der Waals surface area contributed by atoms with E-state index < -0.39 is 15.6 Å². The largest absolute Gasteiger partial charge is 0.364 e. The lowest BCUT2D eigenvalue weighted by Gasteiger charge is -2.39. The summed E-state index contributed by atoms with van der Waals surface area (Å²) in [6.45, 7) is 3.04. The number of sulfonamides is 1. The van der Waals surface area contributed by atoms with Gasteiger partial charge in [0.1, 0.15) is 5.60 Å². The third kappa shape index (κ3) is 3.65. The molecule has 4 nitrogen and oxygen atoms in total. The molecule has 32 heavy (non-hydrogen) atoms. The van der Waals surface area contributed by atoms with Crippen LogP contribution in [0.2, 0.25) is 0 Å². The first-order valence-electron chi connectivity index (χ1n) is 10.6. The Bertz CT molecular complexity index is 1250. The Morgan fingerprint density at radius 1 is 0.969 bits per heavy atom. The summed E-state index contributed by atoms with van der Waals surface area (Å²) in [6.07, 6.45) is 2.09. The van der Waals surface area contributed by atoms with Gasteiger partial charge in [0.25, 0.3) is 0 Å². The summed E-state index contributed by atoms with van der Waals surface area (Å²) in [7, 11) is -3.65. The zero-order valence-electron chi connectivity index (χ0n) is 17.7. The molecule has 2 atom stereocenters. The van der Waals surface area contributed by atoms with Gasteiger partial charge in [0.15, 0.2) is 0 Å². The molecular weight excluding hydrogens is 486 g/mol. The number of rotatable bonds is 4. The van der Waals surface area contributed by atoms with Crippen LogP contribution < -0.4 is 0 Å². The molecule has 0 amide bonds. The predicted molar refractivity (Wildman–Crippen MR) is 130 cm³/mol. The van der Waals surface area contributed by atoms with Crippen LogP contribution in [0.3, 0.4) is 0 Å². The molecule has 3 aromatic carbocycles. The van der Waals surface area contributed by atoms with E-state index in [0.717, 1.165) is 26.7 Å². The Morgan fingerprint density at radius 2 is 1.66 bits per heavy atom. The highest BCUT2D eigenvalue weighted by Crippen LogP contribution is 2.50. The van der Waals surface area contributed by atoms with Crippen LogP contribution in [0.25, 0.3) is 5.57 Å². The van der Waals surface area contributed by atoms with Crippen molar-refractivity contribution in [3.63, 3.8) is 0 Å². The highest BCUT2D eigenvalue weighted by atomic mass is 79.9. The van der Waals surface area contributed by atoms with Gasteiger partial charge >= 0.3 is 0 Å². The van der Waals surface area contributed by atoms with E-state index >= 15 is 0 Å². The molecule has 1 saturated heterocycles. The Kier molecular flexibility index (Phi) is 5.58. The maximum Gasteiger partial charge on any atom is 0.243 e. The normalized spacial score (nSPS) is 23.6. The molecule has 0 N–H and O–H groups in total. The highest BCUT2D eigenvalue weighted by molar-refractivity contribution is 9.10. The van der Waals surface area contributed by atoms with Crippen LogP contribution in [0.15, 0.2) is 94.3 Å². The van der Waals surface area contributed by atoms with Crippen LogP contribution >= 0.6 is 15.9 Å². The molecule has 2 aliphatic rings. The van der Waals surface area contributed by atoms with Crippen LogP contribution in [0, 0.1) is 12.8 Å². The van der Waals surface area contributed by atoms with Gasteiger partial charge < -0.3 is 4.74 Å². The number of ether oxygens (including phenoxy) is 1. The summed E-state index contributed by atoms with van der Waals surface area (Å²) in [4.78, 5) is 0.319. The van der Waals surface area contributed by atoms with Crippen molar-refractivity contribution in [2.45, 2.75) is 17.4 Å². The minimum absolute atomic E-state index is 0.111. The fourth-order valence-corrected chi connectivity index (χ4v) is 6.56. The van der Waals surface area contributed by atoms with E-state index in [0.29, 0.717) is 18.0 Å². The zero-order chi connectivity index (χ0) is 22.3. The molecule has 0 saturated carbocycles. The predicted octanol–water partition coefficient (Wildman–Crippen LogP) is 5.39. The molecule has 0 spiro atoms. The Labute approximate surface area is 197 Å². The molecule has 0 unspecified atom stereocenters. The lowest BCUT2D eigenvalue weighted by Crippen LogP contribution is -2.41. The monoisotopic (exact) mass is 509 g/mol. The second-order valence-corrected chi connectivity index (χ2v) is 11.2. The van der Waals surface area contributed by atoms with Gasteiger partial charge in [0.2, 0.25) is 10.0 Å². The summed E-state index contributed by atoms with van der Waals surface area (Å²) < 4.78 is 36.2. The van der Waals surface area contributed by atoms with E-state index in [1.54, 1.807) is 16.4 Å². The molecule has 0 bridgehead atoms. The smallest absolute Gasteiger partial charge is 0.243 e. The number of halogens is 1. The summed E-state index contributed by atoms with van der Waals surface area (Å²) in [5.41, 5.74) is 3.54. The molecule has 0 aromatic heterocycles. The third-order valence-electron chi connectivity index (χ3n) is 6.48. The quantitative estimate of drug-likeness (QED) is 0.473. The van der Waals surface area contributed by atoms with Crippen LogP contribution in [-0.2, 0) is 20.4 Å². The highest BCUT2D eigenvalue weighted by Gasteiger charge is 2.54. The van der Waals surface area contributed by atoms with Crippen molar-refractivity contribution in [2.24, 2.45) is 5.92 Å². The lowest BCUT2D eigenvalue weighted by molar-refractivity contribution is -0.0487. The maximum atomic E-state index is 13.6. The fraction of sp³-hybridized carbons (Fsp3) is 0.231. The minimum atomic E-state index is -3.65. The molecular formula is C26H24BrNO3S. The van der Waals surface area contributed by atoms with Crippen LogP contribution in [0.1, 0.15) is 16.7 Å². The summed E-state index contributed by atoms with van der Waals surface area (Å²) in [5, 5.41) is 0. The van der Waals surface area contributed by atoms with Gasteiger partial charge in [-0.05, 0) is 47.9 Å². The summed E-state index contributed by atoms with van der Waals surface area (Å²) in [5.74, 6) is -0.111. The second-order valence-electron chi connectivity index (χ2n) is 8.40. The molecule has 2 aliphatic heterocycles. The van der Waals surface area contributed by atoms with Gasteiger partial charge in [-0.2, -0.15) is 4.31 Å². The summed E-state index contributed by atoms with van der Waals surface area (Å²) in [6, 6.07) is 25.3. The van der Waals surface area contributed by atoms with E-state index in [9.17, 15) is 8.42 Å². The van der Waals surface area contributed by atoms with E-state index in [2.05, 4.69) is 34.1 Å². The molecule has 0 radical (unpaired) electrons. The maximum absolute atomic E-state index is 13.6. The Hall–Kier alpha value is -2.25. The van der Waals surface area contributed by atoms with Crippen LogP contribution in [-0.4, -0.2) is 32.4 Å². The van der Waals surface area contributed by atoms with Crippen molar-refractivity contribution in [2.75, 3.05) is 19.7 Å². The van der Waals surface area contributed by atoms with E-state index in [1.165, 1.54) is 0 Å². The van der Waals surface area contributed by atoms with E-state index in [4.69, 9.17) is 4.74 Å². The topological polar surface area (TPSA) is 46.6 Å². The average molecular weight is 510 g/mol. The molecule has 164 valence electrons. The van der Waals surface area contributed by atoms with Gasteiger partial charge in [-0.25, -0.2) is 8.42 Å². The van der Waals surface area contributed by atoms with Gasteiger partial charge in [-0.15, -0.1) is 0 Å². The first-order chi connectivity index (χ1) is 15.4. The molecule has 0 aliphatic carbocycles. The van der Waals surface area contributed by atoms with Crippen LogP contribution in [0.4, 0.5) is 0 Å². The first-order valence-corrected chi connectivity index (χ1v) is 12.9. The van der Waals surface area contributed by atoms with E-state index in [1.807, 2.05) is 61.5 Å². The lowest BCUT2D eigenvalue weighted by atomic mass is 9.76. The van der Waals surface area contributed by atoms with Gasteiger partial charge in [0, 0.05) is 23.5 Å². The number of fused-ring (bicyclic) bond motifs is 1. The summed E-state index contributed by atoms with van der Waals surface area (Å²) >= 11 is 3.51. The zero-order valence-corrected chi connectivity index (χ0v) is 20.1. The molecule has 3 aromatic rings.